The summed E-state index contributed by atoms with van der Waals surface area (Å²) < 4.78 is 14.9. The highest BCUT2D eigenvalue weighted by Gasteiger charge is 2.10. The van der Waals surface area contributed by atoms with Crippen LogP contribution in [0.4, 0.5) is 0 Å². The molecule has 3 aromatic rings. The zero-order chi connectivity index (χ0) is 19.2. The highest BCUT2D eigenvalue weighted by Crippen LogP contribution is 2.28. The SMILES string of the molecule is CCOc1ccc(CN(C)Cn2nnn(-c3ccccc3)c2=S)cc1OC. The second-order valence-corrected chi connectivity index (χ2v) is 6.45. The Kier molecular flexibility index (Phi) is 6.20. The molecule has 3 rings (SSSR count). The predicted molar refractivity (Wildman–Crippen MR) is 106 cm³/mol. The van der Waals surface area contributed by atoms with Crippen LogP contribution in [0.3, 0.4) is 0 Å². The van der Waals surface area contributed by atoms with E-state index in [9.17, 15) is 0 Å². The molecule has 0 bridgehead atoms. The van der Waals surface area contributed by atoms with Crippen LogP contribution in [0.15, 0.2) is 48.5 Å². The number of nitrogens with zero attached hydrogens (tertiary/aromatic N) is 5. The summed E-state index contributed by atoms with van der Waals surface area (Å²) in [5, 5.41) is 8.35. The number of methoxy groups -OCH3 is 1. The molecular weight excluding hydrogens is 362 g/mol. The second-order valence-electron chi connectivity index (χ2n) is 6.08. The zero-order valence-electron chi connectivity index (χ0n) is 15.7. The normalized spacial score (nSPS) is 11.0. The van der Waals surface area contributed by atoms with E-state index in [1.165, 1.54) is 0 Å². The van der Waals surface area contributed by atoms with Gasteiger partial charge in [-0.2, -0.15) is 4.68 Å². The molecule has 0 aliphatic carbocycles. The quantitative estimate of drug-likeness (QED) is 0.555. The van der Waals surface area contributed by atoms with E-state index >= 15 is 0 Å². The number of benzene rings is 2. The van der Waals surface area contributed by atoms with E-state index < -0.39 is 0 Å². The van der Waals surface area contributed by atoms with Crippen molar-refractivity contribution >= 4 is 12.2 Å². The van der Waals surface area contributed by atoms with Crippen molar-refractivity contribution in [3.05, 3.63) is 58.9 Å². The maximum Gasteiger partial charge on any atom is 0.221 e. The lowest BCUT2D eigenvalue weighted by atomic mass is 10.2. The van der Waals surface area contributed by atoms with Crippen LogP contribution in [0.5, 0.6) is 11.5 Å². The Bertz CT molecular complexity index is 939. The van der Waals surface area contributed by atoms with E-state index in [-0.39, 0.29) is 0 Å². The molecule has 0 unspecified atom stereocenters. The van der Waals surface area contributed by atoms with Gasteiger partial charge in [0, 0.05) is 6.54 Å². The first-order valence-electron chi connectivity index (χ1n) is 8.69. The van der Waals surface area contributed by atoms with Crippen molar-refractivity contribution < 1.29 is 9.47 Å². The van der Waals surface area contributed by atoms with E-state index in [1.54, 1.807) is 16.5 Å². The predicted octanol–water partition coefficient (Wildman–Crippen LogP) is 3.30. The highest BCUT2D eigenvalue weighted by molar-refractivity contribution is 7.71. The van der Waals surface area contributed by atoms with Gasteiger partial charge >= 0.3 is 0 Å². The average Bonchev–Trinajstić information content (AvgIpc) is 3.04. The van der Waals surface area contributed by atoms with Crippen molar-refractivity contribution in [2.45, 2.75) is 20.1 Å². The van der Waals surface area contributed by atoms with Crippen molar-refractivity contribution in [1.29, 1.82) is 0 Å². The van der Waals surface area contributed by atoms with E-state index in [0.717, 1.165) is 22.7 Å². The molecule has 0 saturated heterocycles. The molecule has 0 aliphatic heterocycles. The highest BCUT2D eigenvalue weighted by atomic mass is 32.1. The van der Waals surface area contributed by atoms with Crippen molar-refractivity contribution in [2.24, 2.45) is 0 Å². The van der Waals surface area contributed by atoms with Crippen LogP contribution in [0.1, 0.15) is 12.5 Å². The molecular formula is C19H23N5O2S. The van der Waals surface area contributed by atoms with Crippen LogP contribution in [-0.2, 0) is 13.2 Å². The number of rotatable bonds is 8. The maximum absolute atomic E-state index is 5.57. The lowest BCUT2D eigenvalue weighted by molar-refractivity contribution is 0.241. The summed E-state index contributed by atoms with van der Waals surface area (Å²) in [6.45, 7) is 3.79. The first kappa shape index (κ1) is 19.1. The molecule has 0 N–H and O–H groups in total. The lowest BCUT2D eigenvalue weighted by Gasteiger charge is -2.17. The smallest absolute Gasteiger partial charge is 0.221 e. The van der Waals surface area contributed by atoms with E-state index in [2.05, 4.69) is 15.3 Å². The van der Waals surface area contributed by atoms with Crippen molar-refractivity contribution in [1.82, 2.24) is 24.7 Å². The Morgan fingerprint density at radius 1 is 1.07 bits per heavy atom. The molecule has 0 fully saturated rings. The minimum Gasteiger partial charge on any atom is -0.493 e. The Morgan fingerprint density at radius 2 is 1.85 bits per heavy atom. The minimum absolute atomic E-state index is 0.529. The molecule has 8 heteroatoms. The third-order valence-corrected chi connectivity index (χ3v) is 4.38. The van der Waals surface area contributed by atoms with Gasteiger partial charge in [0.15, 0.2) is 11.5 Å². The van der Waals surface area contributed by atoms with Gasteiger partial charge in [-0.1, -0.05) is 24.3 Å². The van der Waals surface area contributed by atoms with Crippen molar-refractivity contribution in [3.8, 4) is 17.2 Å². The standard InChI is InChI=1S/C19H23N5O2S/c1-4-26-17-11-10-15(12-18(17)25-3)13-22(2)14-23-19(27)24(21-20-23)16-8-6-5-7-9-16/h5-12H,4,13-14H2,1-3H3. The molecule has 0 aliphatic rings. The fraction of sp³-hybridized carbons (Fsp3) is 0.316. The Labute approximate surface area is 163 Å². The van der Waals surface area contributed by atoms with Crippen LogP contribution < -0.4 is 9.47 Å². The molecule has 1 heterocycles. The number of tetrazole rings is 1. The summed E-state index contributed by atoms with van der Waals surface area (Å²) in [5.41, 5.74) is 2.01. The van der Waals surface area contributed by atoms with E-state index in [0.29, 0.717) is 24.6 Å². The molecule has 0 spiro atoms. The second kappa shape index (κ2) is 8.79. The largest absolute Gasteiger partial charge is 0.493 e. The van der Waals surface area contributed by atoms with E-state index in [1.807, 2.05) is 62.5 Å². The van der Waals surface area contributed by atoms with Gasteiger partial charge in [-0.05, 0) is 66.4 Å². The molecule has 0 amide bonds. The van der Waals surface area contributed by atoms with Gasteiger partial charge in [0.25, 0.3) is 0 Å². The maximum atomic E-state index is 5.57. The first-order valence-corrected chi connectivity index (χ1v) is 9.09. The molecule has 7 nitrogen and oxygen atoms in total. The third-order valence-electron chi connectivity index (χ3n) is 4.00. The summed E-state index contributed by atoms with van der Waals surface area (Å²) in [7, 11) is 3.65. The van der Waals surface area contributed by atoms with Gasteiger partial charge in [-0.15, -0.1) is 0 Å². The van der Waals surface area contributed by atoms with Gasteiger partial charge in [-0.25, -0.2) is 4.68 Å². The Hall–Kier alpha value is -2.71. The topological polar surface area (TPSA) is 57.3 Å². The summed E-state index contributed by atoms with van der Waals surface area (Å²) in [6, 6.07) is 15.7. The third kappa shape index (κ3) is 4.53. The van der Waals surface area contributed by atoms with Crippen LogP contribution in [-0.4, -0.2) is 45.5 Å². The first-order chi connectivity index (χ1) is 13.1. The average molecular weight is 385 g/mol. The molecule has 27 heavy (non-hydrogen) atoms. The Balaban J connectivity index is 1.71. The molecule has 0 atom stereocenters. The van der Waals surface area contributed by atoms with Crippen LogP contribution in [0.2, 0.25) is 0 Å². The summed E-state index contributed by atoms with van der Waals surface area (Å²) in [6.07, 6.45) is 0. The fourth-order valence-electron chi connectivity index (χ4n) is 2.77. The number of para-hydroxylation sites is 1. The monoisotopic (exact) mass is 385 g/mol. The fourth-order valence-corrected chi connectivity index (χ4v) is 3.01. The molecule has 0 saturated carbocycles. The van der Waals surface area contributed by atoms with Crippen molar-refractivity contribution in [3.63, 3.8) is 0 Å². The number of ether oxygens (including phenoxy) is 2. The molecule has 2 aromatic carbocycles. The van der Waals surface area contributed by atoms with Gasteiger partial charge in [0.1, 0.15) is 0 Å². The lowest BCUT2D eigenvalue weighted by Crippen LogP contribution is -2.22. The molecule has 1 aromatic heterocycles. The minimum atomic E-state index is 0.529. The van der Waals surface area contributed by atoms with Crippen molar-refractivity contribution in [2.75, 3.05) is 20.8 Å². The van der Waals surface area contributed by atoms with Crippen LogP contribution in [0, 0.1) is 4.77 Å². The Morgan fingerprint density at radius 3 is 2.56 bits per heavy atom. The van der Waals surface area contributed by atoms with Gasteiger partial charge in [-0.3, -0.25) is 4.90 Å². The zero-order valence-corrected chi connectivity index (χ0v) is 16.5. The van der Waals surface area contributed by atoms with Crippen LogP contribution >= 0.6 is 12.2 Å². The van der Waals surface area contributed by atoms with Crippen LogP contribution in [0.25, 0.3) is 5.69 Å². The summed E-state index contributed by atoms with van der Waals surface area (Å²) in [5.74, 6) is 1.48. The van der Waals surface area contributed by atoms with Gasteiger partial charge < -0.3 is 9.47 Å². The van der Waals surface area contributed by atoms with Gasteiger partial charge in [0.2, 0.25) is 4.77 Å². The summed E-state index contributed by atoms with van der Waals surface area (Å²) in [4.78, 5) is 2.11. The molecule has 142 valence electrons. The molecule has 0 radical (unpaired) electrons. The summed E-state index contributed by atoms with van der Waals surface area (Å²) >= 11 is 5.51. The van der Waals surface area contributed by atoms with E-state index in [4.69, 9.17) is 21.7 Å². The number of hydrogen-bond donors (Lipinski definition) is 0. The number of hydrogen-bond acceptors (Lipinski definition) is 6. The number of aromatic nitrogens is 4. The van der Waals surface area contributed by atoms with Gasteiger partial charge in [0.05, 0.1) is 26.1 Å².